The van der Waals surface area contributed by atoms with Crippen LogP contribution >= 0.6 is 0 Å². The molecule has 0 saturated carbocycles. The summed E-state index contributed by atoms with van der Waals surface area (Å²) >= 11 is 0. The molecule has 0 fully saturated rings. The number of rotatable bonds is 5. The van der Waals surface area contributed by atoms with E-state index < -0.39 is 0 Å². The first-order valence-corrected chi connectivity index (χ1v) is 5.45. The van der Waals surface area contributed by atoms with Crippen molar-refractivity contribution in [3.63, 3.8) is 0 Å². The van der Waals surface area contributed by atoms with Gasteiger partial charge in [-0.25, -0.2) is 19.3 Å². The van der Waals surface area contributed by atoms with E-state index in [0.29, 0.717) is 24.6 Å². The zero-order valence-electron chi connectivity index (χ0n) is 9.80. The monoisotopic (exact) mass is 237 g/mol. The van der Waals surface area contributed by atoms with Crippen LogP contribution in [-0.2, 0) is 4.74 Å². The van der Waals surface area contributed by atoms with Gasteiger partial charge in [0.15, 0.2) is 5.65 Å². The number of aromatic nitrogens is 4. The molecule has 0 bridgehead atoms. The van der Waals surface area contributed by atoms with Gasteiger partial charge in [0.25, 0.3) is 0 Å². The van der Waals surface area contributed by atoms with E-state index in [2.05, 4.69) is 20.5 Å². The summed E-state index contributed by atoms with van der Waals surface area (Å²) in [4.78, 5) is 15.3. The second kappa shape index (κ2) is 4.96. The molecular weight excluding hydrogens is 222 g/mol. The van der Waals surface area contributed by atoms with Crippen LogP contribution in [0.4, 0.5) is 5.82 Å². The Morgan fingerprint density at radius 2 is 2.41 bits per heavy atom. The first-order valence-electron chi connectivity index (χ1n) is 5.45. The summed E-state index contributed by atoms with van der Waals surface area (Å²) in [6, 6.07) is 1.70. The van der Waals surface area contributed by atoms with Crippen molar-refractivity contribution in [1.29, 1.82) is 0 Å². The van der Waals surface area contributed by atoms with Crippen LogP contribution in [-0.4, -0.2) is 38.8 Å². The van der Waals surface area contributed by atoms with Crippen LogP contribution in [0.15, 0.2) is 17.2 Å². The van der Waals surface area contributed by atoms with E-state index in [1.807, 2.05) is 13.8 Å². The average molecular weight is 237 g/mol. The Labute approximate surface area is 97.8 Å². The number of nitrogens with zero attached hydrogens (tertiary/aromatic N) is 3. The van der Waals surface area contributed by atoms with Gasteiger partial charge >= 0.3 is 5.69 Å². The molecule has 0 aliphatic heterocycles. The van der Waals surface area contributed by atoms with Crippen molar-refractivity contribution >= 4 is 11.5 Å². The molecule has 2 rings (SSSR count). The van der Waals surface area contributed by atoms with Gasteiger partial charge in [-0.2, -0.15) is 5.10 Å². The van der Waals surface area contributed by atoms with Gasteiger partial charge in [0, 0.05) is 12.6 Å². The highest BCUT2D eigenvalue weighted by Gasteiger charge is 2.01. The van der Waals surface area contributed by atoms with E-state index in [-0.39, 0.29) is 11.8 Å². The Hall–Kier alpha value is -1.89. The van der Waals surface area contributed by atoms with E-state index in [9.17, 15) is 4.79 Å². The van der Waals surface area contributed by atoms with Crippen molar-refractivity contribution < 1.29 is 4.74 Å². The van der Waals surface area contributed by atoms with Gasteiger partial charge in [-0.3, -0.25) is 0 Å². The van der Waals surface area contributed by atoms with Gasteiger partial charge in [0.1, 0.15) is 12.1 Å². The molecular formula is C10H15N5O2. The van der Waals surface area contributed by atoms with Gasteiger partial charge in [-0.1, -0.05) is 0 Å². The number of H-pyrrole nitrogens is 1. The SMILES string of the molecule is CC(C)OCCNc1cc2n[nH]c(=O)n2cn1. The lowest BCUT2D eigenvalue weighted by Crippen LogP contribution is -2.14. The first-order chi connectivity index (χ1) is 8.16. The van der Waals surface area contributed by atoms with Gasteiger partial charge in [0.05, 0.1) is 12.7 Å². The van der Waals surface area contributed by atoms with Crippen LogP contribution in [0.1, 0.15) is 13.8 Å². The van der Waals surface area contributed by atoms with Crippen LogP contribution in [0.3, 0.4) is 0 Å². The number of hydrogen-bond donors (Lipinski definition) is 2. The molecule has 0 aromatic carbocycles. The molecule has 17 heavy (non-hydrogen) atoms. The van der Waals surface area contributed by atoms with Crippen molar-refractivity contribution in [3.8, 4) is 0 Å². The van der Waals surface area contributed by atoms with Crippen LogP contribution in [0.25, 0.3) is 5.65 Å². The fourth-order valence-electron chi connectivity index (χ4n) is 1.38. The summed E-state index contributed by atoms with van der Waals surface area (Å²) < 4.78 is 6.73. The quantitative estimate of drug-likeness (QED) is 0.728. The van der Waals surface area contributed by atoms with Crippen LogP contribution < -0.4 is 11.0 Å². The fourth-order valence-corrected chi connectivity index (χ4v) is 1.38. The molecule has 0 spiro atoms. The Balaban J connectivity index is 1.97. The number of nitrogens with one attached hydrogen (secondary N) is 2. The smallest absolute Gasteiger partial charge is 0.348 e. The molecule has 0 amide bonds. The molecule has 7 heteroatoms. The lowest BCUT2D eigenvalue weighted by molar-refractivity contribution is 0.0870. The summed E-state index contributed by atoms with van der Waals surface area (Å²) in [6.07, 6.45) is 1.66. The topological polar surface area (TPSA) is 84.3 Å². The molecule has 2 N–H and O–H groups in total. The van der Waals surface area contributed by atoms with Gasteiger partial charge in [0.2, 0.25) is 0 Å². The largest absolute Gasteiger partial charge is 0.377 e. The van der Waals surface area contributed by atoms with Gasteiger partial charge in [-0.05, 0) is 13.8 Å². The van der Waals surface area contributed by atoms with Gasteiger partial charge in [-0.15, -0.1) is 0 Å². The Bertz CT molecular complexity index is 545. The maximum atomic E-state index is 11.2. The Kier molecular flexibility index (Phi) is 3.38. The lowest BCUT2D eigenvalue weighted by atomic mass is 10.5. The highest BCUT2D eigenvalue weighted by molar-refractivity contribution is 5.48. The second-order valence-electron chi connectivity index (χ2n) is 3.88. The second-order valence-corrected chi connectivity index (χ2v) is 3.88. The fraction of sp³-hybridized carbons (Fsp3) is 0.500. The van der Waals surface area contributed by atoms with E-state index in [4.69, 9.17) is 4.74 Å². The molecule has 92 valence electrons. The van der Waals surface area contributed by atoms with Crippen molar-refractivity contribution in [2.45, 2.75) is 20.0 Å². The molecule has 0 aliphatic rings. The Morgan fingerprint density at radius 3 is 3.18 bits per heavy atom. The van der Waals surface area contributed by atoms with Crippen LogP contribution in [0.2, 0.25) is 0 Å². The third kappa shape index (κ3) is 2.82. The predicted molar refractivity (Wildman–Crippen MR) is 63.2 cm³/mol. The third-order valence-electron chi connectivity index (χ3n) is 2.17. The van der Waals surface area contributed by atoms with Crippen LogP contribution in [0.5, 0.6) is 0 Å². The van der Waals surface area contributed by atoms with E-state index >= 15 is 0 Å². The molecule has 2 aromatic heterocycles. The highest BCUT2D eigenvalue weighted by atomic mass is 16.5. The number of anilines is 1. The molecule has 0 radical (unpaired) electrons. The maximum absolute atomic E-state index is 11.2. The van der Waals surface area contributed by atoms with Crippen molar-refractivity contribution in [3.05, 3.63) is 22.9 Å². The molecule has 0 atom stereocenters. The molecule has 2 aromatic rings. The zero-order chi connectivity index (χ0) is 12.3. The first kappa shape index (κ1) is 11.6. The minimum atomic E-state index is -0.290. The standard InChI is InChI=1S/C10H15N5O2/c1-7(2)17-4-3-11-8-5-9-13-14-10(16)15(9)6-12-8/h5-7,11H,3-4H2,1-2H3,(H,14,16). The van der Waals surface area contributed by atoms with Crippen molar-refractivity contribution in [2.75, 3.05) is 18.5 Å². The summed E-state index contributed by atoms with van der Waals surface area (Å²) in [5, 5.41) is 9.30. The summed E-state index contributed by atoms with van der Waals surface area (Å²) in [5.74, 6) is 0.670. The van der Waals surface area contributed by atoms with Crippen molar-refractivity contribution in [1.82, 2.24) is 19.6 Å². The highest BCUT2D eigenvalue weighted by Crippen LogP contribution is 2.03. The normalized spacial score (nSPS) is 11.2. The molecule has 0 saturated heterocycles. The molecule has 0 unspecified atom stereocenters. The summed E-state index contributed by atoms with van der Waals surface area (Å²) in [7, 11) is 0. The number of fused-ring (bicyclic) bond motifs is 1. The van der Waals surface area contributed by atoms with E-state index in [0.717, 1.165) is 0 Å². The average Bonchev–Trinajstić information content (AvgIpc) is 2.66. The third-order valence-corrected chi connectivity index (χ3v) is 2.17. The number of hydrogen-bond acceptors (Lipinski definition) is 5. The summed E-state index contributed by atoms with van der Waals surface area (Å²) in [5.41, 5.74) is 0.250. The zero-order valence-corrected chi connectivity index (χ0v) is 9.80. The lowest BCUT2D eigenvalue weighted by Gasteiger charge is -2.08. The molecule has 7 nitrogen and oxygen atoms in total. The van der Waals surface area contributed by atoms with Crippen LogP contribution in [0, 0.1) is 0 Å². The molecule has 2 heterocycles. The van der Waals surface area contributed by atoms with Crippen molar-refractivity contribution in [2.24, 2.45) is 0 Å². The number of aromatic amines is 1. The van der Waals surface area contributed by atoms with E-state index in [1.165, 1.54) is 10.7 Å². The predicted octanol–water partition coefficient (Wildman–Crippen LogP) is 0.254. The summed E-state index contributed by atoms with van der Waals surface area (Å²) in [6.45, 7) is 5.24. The Morgan fingerprint density at radius 1 is 1.59 bits per heavy atom. The van der Waals surface area contributed by atoms with E-state index in [1.54, 1.807) is 6.07 Å². The maximum Gasteiger partial charge on any atom is 0.348 e. The minimum Gasteiger partial charge on any atom is -0.377 e. The number of ether oxygens (including phenoxy) is 1. The van der Waals surface area contributed by atoms with Gasteiger partial charge < -0.3 is 10.1 Å². The minimum absolute atomic E-state index is 0.220. The molecule has 0 aliphatic carbocycles.